The lowest BCUT2D eigenvalue weighted by atomic mass is 9.77. The molecule has 2 aliphatic rings. The first-order valence-corrected chi connectivity index (χ1v) is 10.3. The molecule has 0 spiro atoms. The summed E-state index contributed by atoms with van der Waals surface area (Å²) in [7, 11) is 1.66. The molecular weight excluding hydrogens is 352 g/mol. The Bertz CT molecular complexity index is 845. The van der Waals surface area contributed by atoms with Gasteiger partial charge in [0, 0.05) is 56.1 Å². The third-order valence-corrected chi connectivity index (χ3v) is 6.21. The van der Waals surface area contributed by atoms with Crippen molar-refractivity contribution in [3.63, 3.8) is 0 Å². The largest absolute Gasteiger partial charge is 0.359 e. The molecule has 0 radical (unpaired) electrons. The van der Waals surface area contributed by atoms with Crippen molar-refractivity contribution in [3.05, 3.63) is 52.8 Å². The zero-order valence-corrected chi connectivity index (χ0v) is 16.4. The lowest BCUT2D eigenvalue weighted by Gasteiger charge is -2.35. The highest BCUT2D eigenvalue weighted by atomic mass is 16.2. The molecule has 1 fully saturated rings. The Balaban J connectivity index is 1.51. The molecule has 148 valence electrons. The van der Waals surface area contributed by atoms with E-state index >= 15 is 0 Å². The summed E-state index contributed by atoms with van der Waals surface area (Å²) < 4.78 is 0. The maximum absolute atomic E-state index is 13.3. The van der Waals surface area contributed by atoms with Gasteiger partial charge in [-0.05, 0) is 18.4 Å². The number of rotatable bonds is 4. The van der Waals surface area contributed by atoms with Crippen LogP contribution in [0.3, 0.4) is 0 Å². The average Bonchev–Trinajstić information content (AvgIpc) is 3.15. The molecule has 1 aromatic carbocycles. The van der Waals surface area contributed by atoms with Gasteiger partial charge in [-0.2, -0.15) is 5.10 Å². The van der Waals surface area contributed by atoms with Gasteiger partial charge in [0.2, 0.25) is 11.8 Å². The van der Waals surface area contributed by atoms with E-state index in [9.17, 15) is 9.59 Å². The van der Waals surface area contributed by atoms with Crippen LogP contribution < -0.4 is 5.32 Å². The van der Waals surface area contributed by atoms with Gasteiger partial charge in [0.15, 0.2) is 0 Å². The number of amides is 2. The maximum atomic E-state index is 13.3. The first-order chi connectivity index (χ1) is 13.7. The number of H-pyrrole nitrogens is 1. The van der Waals surface area contributed by atoms with Gasteiger partial charge >= 0.3 is 0 Å². The standard InChI is InChI=1S/C22H28N4O2/c1-23-21(27)16-9-5-6-10-17(16)22(28)26-12-11-19-18(14-26)20(25-24-19)13-15-7-3-2-4-8-15/h2-4,7-8,16-17H,5-6,9-14H2,1H3,(H,23,27)(H,24,25)/t16-,17+/m1/s1. The van der Waals surface area contributed by atoms with Crippen molar-refractivity contribution in [3.8, 4) is 0 Å². The molecule has 0 bridgehead atoms. The summed E-state index contributed by atoms with van der Waals surface area (Å²) in [4.78, 5) is 27.5. The fourth-order valence-electron chi connectivity index (χ4n) is 4.64. The topological polar surface area (TPSA) is 78.1 Å². The van der Waals surface area contributed by atoms with Gasteiger partial charge in [-0.25, -0.2) is 0 Å². The van der Waals surface area contributed by atoms with E-state index in [0.29, 0.717) is 13.1 Å². The number of hydrogen-bond acceptors (Lipinski definition) is 3. The molecule has 1 aliphatic carbocycles. The lowest BCUT2D eigenvalue weighted by molar-refractivity contribution is -0.144. The van der Waals surface area contributed by atoms with E-state index in [4.69, 9.17) is 0 Å². The van der Waals surface area contributed by atoms with Crippen LogP contribution in [0.25, 0.3) is 0 Å². The van der Waals surface area contributed by atoms with Gasteiger partial charge in [-0.3, -0.25) is 14.7 Å². The van der Waals surface area contributed by atoms with Gasteiger partial charge in [-0.15, -0.1) is 0 Å². The number of nitrogens with zero attached hydrogens (tertiary/aromatic N) is 2. The monoisotopic (exact) mass is 380 g/mol. The summed E-state index contributed by atoms with van der Waals surface area (Å²) in [5, 5.41) is 10.4. The Labute approximate surface area is 165 Å². The zero-order valence-electron chi connectivity index (χ0n) is 16.4. The minimum Gasteiger partial charge on any atom is -0.359 e. The van der Waals surface area contributed by atoms with E-state index < -0.39 is 0 Å². The highest BCUT2D eigenvalue weighted by Gasteiger charge is 2.38. The van der Waals surface area contributed by atoms with E-state index in [-0.39, 0.29) is 23.7 Å². The minimum atomic E-state index is -0.195. The van der Waals surface area contributed by atoms with Crippen molar-refractivity contribution >= 4 is 11.8 Å². The number of benzene rings is 1. The van der Waals surface area contributed by atoms with Crippen LogP contribution in [-0.4, -0.2) is 40.5 Å². The summed E-state index contributed by atoms with van der Waals surface area (Å²) >= 11 is 0. The van der Waals surface area contributed by atoms with Crippen LogP contribution in [0.15, 0.2) is 30.3 Å². The fourth-order valence-corrected chi connectivity index (χ4v) is 4.64. The maximum Gasteiger partial charge on any atom is 0.226 e. The van der Waals surface area contributed by atoms with Crippen LogP contribution in [0.1, 0.15) is 48.2 Å². The fraction of sp³-hybridized carbons (Fsp3) is 0.500. The molecule has 1 aliphatic heterocycles. The Morgan fingerprint density at radius 3 is 2.68 bits per heavy atom. The third-order valence-electron chi connectivity index (χ3n) is 6.21. The predicted molar refractivity (Wildman–Crippen MR) is 106 cm³/mol. The van der Waals surface area contributed by atoms with Crippen LogP contribution in [0.4, 0.5) is 0 Å². The molecule has 28 heavy (non-hydrogen) atoms. The van der Waals surface area contributed by atoms with Crippen LogP contribution in [-0.2, 0) is 29.0 Å². The molecule has 2 heterocycles. The summed E-state index contributed by atoms with van der Waals surface area (Å²) in [5.74, 6) is -0.254. The highest BCUT2D eigenvalue weighted by molar-refractivity contribution is 5.88. The summed E-state index contributed by atoms with van der Waals surface area (Å²) in [6.45, 7) is 1.28. The SMILES string of the molecule is CNC(=O)[C@@H]1CCCC[C@@H]1C(=O)N1CCc2[nH]nc(Cc3ccccc3)c2C1. The molecule has 2 amide bonds. The van der Waals surface area contributed by atoms with E-state index in [1.165, 1.54) is 5.56 Å². The molecule has 0 saturated heterocycles. The molecule has 2 atom stereocenters. The molecular formula is C22H28N4O2. The number of hydrogen-bond donors (Lipinski definition) is 2. The average molecular weight is 380 g/mol. The quantitative estimate of drug-likeness (QED) is 0.855. The van der Waals surface area contributed by atoms with E-state index in [2.05, 4.69) is 27.6 Å². The molecule has 2 aromatic rings. The molecule has 4 rings (SSSR count). The highest BCUT2D eigenvalue weighted by Crippen LogP contribution is 2.33. The smallest absolute Gasteiger partial charge is 0.226 e. The number of aromatic nitrogens is 2. The first-order valence-electron chi connectivity index (χ1n) is 10.3. The Morgan fingerprint density at radius 1 is 1.18 bits per heavy atom. The Hall–Kier alpha value is -2.63. The van der Waals surface area contributed by atoms with Crippen molar-refractivity contribution in [2.75, 3.05) is 13.6 Å². The van der Waals surface area contributed by atoms with Crippen LogP contribution in [0.5, 0.6) is 0 Å². The van der Waals surface area contributed by atoms with Gasteiger partial charge < -0.3 is 10.2 Å². The molecule has 1 saturated carbocycles. The summed E-state index contributed by atoms with van der Waals surface area (Å²) in [6.07, 6.45) is 5.21. The van der Waals surface area contributed by atoms with Gasteiger partial charge in [0.25, 0.3) is 0 Å². The Kier molecular flexibility index (Phi) is 5.46. The molecule has 6 nitrogen and oxygen atoms in total. The van der Waals surface area contributed by atoms with Gasteiger partial charge in [0.1, 0.15) is 0 Å². The second kappa shape index (κ2) is 8.17. The van der Waals surface area contributed by atoms with Crippen LogP contribution in [0, 0.1) is 11.8 Å². The van der Waals surface area contributed by atoms with Gasteiger partial charge in [0.05, 0.1) is 5.69 Å². The zero-order chi connectivity index (χ0) is 19.5. The Morgan fingerprint density at radius 2 is 1.93 bits per heavy atom. The van der Waals surface area contributed by atoms with Crippen LogP contribution in [0.2, 0.25) is 0 Å². The van der Waals surface area contributed by atoms with Crippen molar-refractivity contribution < 1.29 is 9.59 Å². The summed E-state index contributed by atoms with van der Waals surface area (Å²) in [5.41, 5.74) is 4.52. The molecule has 0 unspecified atom stereocenters. The molecule has 1 aromatic heterocycles. The number of carbonyl (C=O) groups excluding carboxylic acids is 2. The van der Waals surface area contributed by atoms with E-state index in [1.54, 1.807) is 7.05 Å². The minimum absolute atomic E-state index is 0.00354. The van der Waals surface area contributed by atoms with Crippen LogP contribution >= 0.6 is 0 Å². The van der Waals surface area contributed by atoms with Gasteiger partial charge in [-0.1, -0.05) is 43.2 Å². The first kappa shape index (κ1) is 18.7. The number of carbonyl (C=O) groups is 2. The number of fused-ring (bicyclic) bond motifs is 1. The lowest BCUT2D eigenvalue weighted by Crippen LogP contribution is -2.46. The number of aromatic amines is 1. The van der Waals surface area contributed by atoms with Crippen molar-refractivity contribution in [1.82, 2.24) is 20.4 Å². The normalized spacial score (nSPS) is 21.8. The summed E-state index contributed by atoms with van der Waals surface area (Å²) in [6, 6.07) is 10.3. The second-order valence-electron chi connectivity index (χ2n) is 7.91. The second-order valence-corrected chi connectivity index (χ2v) is 7.91. The number of nitrogens with one attached hydrogen (secondary N) is 2. The predicted octanol–water partition coefficient (Wildman–Crippen LogP) is 2.44. The van der Waals surface area contributed by atoms with E-state index in [1.807, 2.05) is 23.1 Å². The molecule has 2 N–H and O–H groups in total. The third kappa shape index (κ3) is 3.68. The molecule has 6 heteroatoms. The van der Waals surface area contributed by atoms with Crippen molar-refractivity contribution in [2.24, 2.45) is 11.8 Å². The van der Waals surface area contributed by atoms with Crippen molar-refractivity contribution in [1.29, 1.82) is 0 Å². The van der Waals surface area contributed by atoms with E-state index in [0.717, 1.165) is 55.5 Å². The van der Waals surface area contributed by atoms with Crippen molar-refractivity contribution in [2.45, 2.75) is 45.1 Å².